The molecule has 1 fully saturated rings. The SMILES string of the molecule is CC12CCOC1Nc1ccccc12. The summed E-state index contributed by atoms with van der Waals surface area (Å²) in [7, 11) is 0. The molecule has 2 aliphatic rings. The van der Waals surface area contributed by atoms with Gasteiger partial charge in [-0.05, 0) is 18.1 Å². The lowest BCUT2D eigenvalue weighted by Gasteiger charge is -2.21. The number of ether oxygens (including phenoxy) is 1. The predicted octanol–water partition coefficient (Wildman–Crippen LogP) is 2.12. The third kappa shape index (κ3) is 0.814. The van der Waals surface area contributed by atoms with Crippen molar-refractivity contribution in [1.82, 2.24) is 0 Å². The Labute approximate surface area is 77.9 Å². The highest BCUT2D eigenvalue weighted by atomic mass is 16.5. The van der Waals surface area contributed by atoms with Crippen LogP contribution in [-0.2, 0) is 10.2 Å². The smallest absolute Gasteiger partial charge is 0.137 e. The molecule has 1 N–H and O–H groups in total. The van der Waals surface area contributed by atoms with Crippen molar-refractivity contribution < 1.29 is 4.74 Å². The second-order valence-electron chi connectivity index (χ2n) is 4.11. The minimum Gasteiger partial charge on any atom is -0.359 e. The highest BCUT2D eigenvalue weighted by molar-refractivity contribution is 5.61. The van der Waals surface area contributed by atoms with Gasteiger partial charge in [-0.25, -0.2) is 0 Å². The maximum atomic E-state index is 5.65. The normalized spacial score (nSPS) is 35.3. The summed E-state index contributed by atoms with van der Waals surface area (Å²) in [6.07, 6.45) is 1.33. The number of benzene rings is 1. The predicted molar refractivity (Wildman–Crippen MR) is 51.8 cm³/mol. The second-order valence-corrected chi connectivity index (χ2v) is 4.11. The van der Waals surface area contributed by atoms with Gasteiger partial charge in [-0.1, -0.05) is 25.1 Å². The van der Waals surface area contributed by atoms with Crippen LogP contribution in [0.2, 0.25) is 0 Å². The first-order chi connectivity index (χ1) is 6.31. The van der Waals surface area contributed by atoms with E-state index in [2.05, 4.69) is 36.5 Å². The zero-order valence-corrected chi connectivity index (χ0v) is 7.71. The Bertz CT molecular complexity index is 350. The Morgan fingerprint density at radius 1 is 1.46 bits per heavy atom. The molecule has 1 saturated heterocycles. The van der Waals surface area contributed by atoms with E-state index >= 15 is 0 Å². The van der Waals surface area contributed by atoms with Crippen LogP contribution >= 0.6 is 0 Å². The molecule has 0 amide bonds. The van der Waals surface area contributed by atoms with Gasteiger partial charge in [-0.15, -0.1) is 0 Å². The summed E-state index contributed by atoms with van der Waals surface area (Å²) in [5.74, 6) is 0. The summed E-state index contributed by atoms with van der Waals surface area (Å²) in [5, 5.41) is 3.41. The van der Waals surface area contributed by atoms with Gasteiger partial charge in [0.1, 0.15) is 6.23 Å². The maximum Gasteiger partial charge on any atom is 0.137 e. The molecule has 1 aromatic carbocycles. The van der Waals surface area contributed by atoms with Gasteiger partial charge >= 0.3 is 0 Å². The van der Waals surface area contributed by atoms with E-state index in [-0.39, 0.29) is 11.6 Å². The van der Waals surface area contributed by atoms with E-state index < -0.39 is 0 Å². The number of anilines is 1. The number of hydrogen-bond donors (Lipinski definition) is 1. The third-order valence-corrected chi connectivity index (χ3v) is 3.31. The molecule has 68 valence electrons. The van der Waals surface area contributed by atoms with Crippen LogP contribution in [0, 0.1) is 0 Å². The Hall–Kier alpha value is -1.02. The summed E-state index contributed by atoms with van der Waals surface area (Å²) in [5.41, 5.74) is 2.86. The zero-order chi connectivity index (χ0) is 8.89. The molecule has 0 radical (unpaired) electrons. The third-order valence-electron chi connectivity index (χ3n) is 3.31. The number of hydrogen-bond acceptors (Lipinski definition) is 2. The van der Waals surface area contributed by atoms with Crippen LogP contribution in [0.25, 0.3) is 0 Å². The first-order valence-electron chi connectivity index (χ1n) is 4.78. The van der Waals surface area contributed by atoms with E-state index in [0.29, 0.717) is 0 Å². The van der Waals surface area contributed by atoms with Crippen molar-refractivity contribution in [2.45, 2.75) is 25.0 Å². The van der Waals surface area contributed by atoms with E-state index in [4.69, 9.17) is 4.74 Å². The molecule has 0 aromatic heterocycles. The second kappa shape index (κ2) is 2.26. The molecule has 2 heterocycles. The highest BCUT2D eigenvalue weighted by Gasteiger charge is 2.47. The zero-order valence-electron chi connectivity index (χ0n) is 7.71. The average molecular weight is 175 g/mol. The van der Waals surface area contributed by atoms with Crippen LogP contribution in [0.5, 0.6) is 0 Å². The van der Waals surface area contributed by atoms with Gasteiger partial charge in [0.25, 0.3) is 0 Å². The quantitative estimate of drug-likeness (QED) is 0.652. The van der Waals surface area contributed by atoms with Crippen LogP contribution in [-0.4, -0.2) is 12.8 Å². The monoisotopic (exact) mass is 175 g/mol. The van der Waals surface area contributed by atoms with Crippen LogP contribution in [0.4, 0.5) is 5.69 Å². The van der Waals surface area contributed by atoms with Crippen molar-refractivity contribution in [1.29, 1.82) is 0 Å². The molecule has 0 saturated carbocycles. The maximum absolute atomic E-state index is 5.65. The number of para-hydroxylation sites is 1. The highest BCUT2D eigenvalue weighted by Crippen LogP contribution is 2.46. The fourth-order valence-electron chi connectivity index (χ4n) is 2.43. The van der Waals surface area contributed by atoms with E-state index in [1.807, 2.05) is 0 Å². The first kappa shape index (κ1) is 7.39. The van der Waals surface area contributed by atoms with Gasteiger partial charge in [0.15, 0.2) is 0 Å². The summed E-state index contributed by atoms with van der Waals surface area (Å²) in [4.78, 5) is 0. The minimum atomic E-state index is 0.199. The van der Waals surface area contributed by atoms with Crippen molar-refractivity contribution in [3.05, 3.63) is 29.8 Å². The topological polar surface area (TPSA) is 21.3 Å². The summed E-state index contributed by atoms with van der Waals surface area (Å²) >= 11 is 0. The van der Waals surface area contributed by atoms with E-state index in [1.165, 1.54) is 11.3 Å². The van der Waals surface area contributed by atoms with Gasteiger partial charge in [0.05, 0.1) is 6.61 Å². The molecule has 0 bridgehead atoms. The van der Waals surface area contributed by atoms with Crippen molar-refractivity contribution in [3.8, 4) is 0 Å². The van der Waals surface area contributed by atoms with Gasteiger partial charge in [0, 0.05) is 11.1 Å². The Kier molecular flexibility index (Phi) is 1.29. The van der Waals surface area contributed by atoms with Crippen molar-refractivity contribution >= 4 is 5.69 Å². The molecule has 2 aliphatic heterocycles. The van der Waals surface area contributed by atoms with Gasteiger partial charge in [0.2, 0.25) is 0 Å². The molecule has 2 heteroatoms. The molecular formula is C11H13NO. The summed E-state index contributed by atoms with van der Waals surface area (Å²) in [6, 6.07) is 8.50. The number of rotatable bonds is 0. The van der Waals surface area contributed by atoms with Crippen LogP contribution in [0.3, 0.4) is 0 Å². The lowest BCUT2D eigenvalue weighted by molar-refractivity contribution is 0.112. The lowest BCUT2D eigenvalue weighted by atomic mass is 9.82. The van der Waals surface area contributed by atoms with E-state index in [9.17, 15) is 0 Å². The molecule has 3 rings (SSSR count). The van der Waals surface area contributed by atoms with Crippen molar-refractivity contribution in [3.63, 3.8) is 0 Å². The largest absolute Gasteiger partial charge is 0.359 e. The Morgan fingerprint density at radius 3 is 3.23 bits per heavy atom. The Balaban J connectivity index is 2.17. The van der Waals surface area contributed by atoms with Crippen molar-refractivity contribution in [2.75, 3.05) is 11.9 Å². The molecule has 2 atom stereocenters. The van der Waals surface area contributed by atoms with E-state index in [0.717, 1.165) is 13.0 Å². The molecule has 2 nitrogen and oxygen atoms in total. The van der Waals surface area contributed by atoms with Crippen LogP contribution in [0.1, 0.15) is 18.9 Å². The molecular weight excluding hydrogens is 162 g/mol. The fourth-order valence-corrected chi connectivity index (χ4v) is 2.43. The fraction of sp³-hybridized carbons (Fsp3) is 0.455. The average Bonchev–Trinajstić information content (AvgIpc) is 2.60. The van der Waals surface area contributed by atoms with Gasteiger partial charge in [-0.2, -0.15) is 0 Å². The number of nitrogens with one attached hydrogen (secondary N) is 1. The molecule has 0 spiro atoms. The van der Waals surface area contributed by atoms with Crippen LogP contribution in [0.15, 0.2) is 24.3 Å². The minimum absolute atomic E-state index is 0.199. The Morgan fingerprint density at radius 2 is 2.31 bits per heavy atom. The van der Waals surface area contributed by atoms with Crippen molar-refractivity contribution in [2.24, 2.45) is 0 Å². The first-order valence-corrected chi connectivity index (χ1v) is 4.78. The molecule has 1 aromatic rings. The number of fused-ring (bicyclic) bond motifs is 3. The van der Waals surface area contributed by atoms with E-state index in [1.54, 1.807) is 0 Å². The van der Waals surface area contributed by atoms with Gasteiger partial charge < -0.3 is 10.1 Å². The van der Waals surface area contributed by atoms with Gasteiger partial charge in [-0.3, -0.25) is 0 Å². The standard InChI is InChI=1S/C11H13NO/c1-11-6-7-13-10(11)12-9-5-3-2-4-8(9)11/h2-5,10,12H,6-7H2,1H3. The molecule has 2 unspecified atom stereocenters. The summed E-state index contributed by atoms with van der Waals surface area (Å²) < 4.78 is 5.65. The molecule has 0 aliphatic carbocycles. The lowest BCUT2D eigenvalue weighted by Crippen LogP contribution is -2.31. The summed E-state index contributed by atoms with van der Waals surface area (Å²) in [6.45, 7) is 3.16. The van der Waals surface area contributed by atoms with Crippen LogP contribution < -0.4 is 5.32 Å². The molecule has 13 heavy (non-hydrogen) atoms.